The Morgan fingerprint density at radius 1 is 0.833 bits per heavy atom. The highest BCUT2D eigenvalue weighted by molar-refractivity contribution is 6.06. The second kappa shape index (κ2) is 3.52. The highest BCUT2D eigenvalue weighted by atomic mass is 19.4. The Morgan fingerprint density at radius 3 is 1.39 bits per heavy atom. The summed E-state index contributed by atoms with van der Waals surface area (Å²) in [6.45, 7) is 0. The van der Waals surface area contributed by atoms with Crippen molar-refractivity contribution in [2.75, 3.05) is 0 Å². The fourth-order valence-corrected chi connectivity index (χ4v) is 1.29. The Kier molecular flexibility index (Phi) is 2.94. The van der Waals surface area contributed by atoms with Crippen LogP contribution >= 0.6 is 0 Å². The van der Waals surface area contributed by atoms with Crippen LogP contribution in [0.1, 0.15) is 0 Å². The molecular weight excluding hydrogens is 283 g/mol. The zero-order valence-electron chi connectivity index (χ0n) is 8.13. The molecule has 1 aliphatic carbocycles. The van der Waals surface area contributed by atoms with Crippen molar-refractivity contribution in [1.82, 2.24) is 0 Å². The van der Waals surface area contributed by atoms with Crippen molar-refractivity contribution < 1.29 is 39.5 Å². The van der Waals surface area contributed by atoms with Crippen molar-refractivity contribution >= 4 is 5.71 Å². The zero-order valence-corrected chi connectivity index (χ0v) is 8.13. The van der Waals surface area contributed by atoms with Crippen molar-refractivity contribution in [3.05, 3.63) is 0 Å². The molecule has 0 aromatic carbocycles. The van der Waals surface area contributed by atoms with E-state index < -0.39 is 41.6 Å². The van der Waals surface area contributed by atoms with E-state index in [1.807, 2.05) is 0 Å². The predicted octanol–water partition coefficient (Wildman–Crippen LogP) is 2.43. The van der Waals surface area contributed by atoms with Gasteiger partial charge in [-0.1, -0.05) is 0 Å². The molecular formula is C7H5F9N2. The minimum Gasteiger partial charge on any atom is -0.322 e. The minimum atomic E-state index is -6.92. The molecule has 1 fully saturated rings. The fourth-order valence-electron chi connectivity index (χ4n) is 1.29. The second-order valence-corrected chi connectivity index (χ2v) is 3.73. The number of hydrogen-bond acceptors (Lipinski definition) is 2. The molecule has 0 bridgehead atoms. The van der Waals surface area contributed by atoms with Crippen LogP contribution < -0.4 is 5.73 Å². The lowest BCUT2D eigenvalue weighted by Gasteiger charge is -2.33. The Bertz CT molecular complexity index is 372. The normalized spacial score (nSPS) is 26.4. The van der Waals surface area contributed by atoms with Crippen molar-refractivity contribution in [2.45, 2.75) is 30.0 Å². The summed E-state index contributed by atoms with van der Waals surface area (Å²) in [5.41, 5.74) is 3.48. The molecule has 106 valence electrons. The quantitative estimate of drug-likeness (QED) is 0.770. The molecule has 0 aromatic rings. The molecule has 0 saturated heterocycles. The number of alkyl halides is 9. The molecule has 0 aromatic heterocycles. The minimum absolute atomic E-state index is 1.20. The molecule has 3 N–H and O–H groups in total. The van der Waals surface area contributed by atoms with Gasteiger partial charge in [0.25, 0.3) is 0 Å². The Hall–Kier alpha value is -1.00. The Labute approximate surface area is 93.4 Å². The van der Waals surface area contributed by atoms with E-state index in [2.05, 4.69) is 5.73 Å². The summed E-state index contributed by atoms with van der Waals surface area (Å²) in [6, 6.07) is -1.95. The van der Waals surface area contributed by atoms with Gasteiger partial charge in [-0.05, 0) is 0 Å². The topological polar surface area (TPSA) is 49.9 Å². The van der Waals surface area contributed by atoms with Crippen molar-refractivity contribution in [2.24, 2.45) is 11.7 Å². The molecule has 18 heavy (non-hydrogen) atoms. The number of halogens is 9. The van der Waals surface area contributed by atoms with Gasteiger partial charge < -0.3 is 11.1 Å². The van der Waals surface area contributed by atoms with Crippen LogP contribution in [0.25, 0.3) is 0 Å². The number of rotatable bonds is 3. The summed E-state index contributed by atoms with van der Waals surface area (Å²) >= 11 is 0. The average molecular weight is 288 g/mol. The highest BCUT2D eigenvalue weighted by Crippen LogP contribution is 2.58. The monoisotopic (exact) mass is 288 g/mol. The van der Waals surface area contributed by atoms with Gasteiger partial charge in [-0.25, -0.2) is 0 Å². The van der Waals surface area contributed by atoms with Crippen LogP contribution in [0.3, 0.4) is 0 Å². The van der Waals surface area contributed by atoms with Gasteiger partial charge in [-0.15, -0.1) is 0 Å². The molecule has 0 amide bonds. The summed E-state index contributed by atoms with van der Waals surface area (Å²) in [6.07, 6.45) is -6.85. The summed E-state index contributed by atoms with van der Waals surface area (Å²) in [4.78, 5) is 0. The van der Waals surface area contributed by atoms with Crippen molar-refractivity contribution in [3.8, 4) is 0 Å². The third-order valence-corrected chi connectivity index (χ3v) is 2.50. The van der Waals surface area contributed by atoms with Gasteiger partial charge in [0, 0.05) is 5.71 Å². The summed E-state index contributed by atoms with van der Waals surface area (Å²) in [5.74, 6) is -22.2. The van der Waals surface area contributed by atoms with E-state index in [0.717, 1.165) is 0 Å². The molecule has 2 nitrogen and oxygen atoms in total. The molecule has 1 saturated carbocycles. The van der Waals surface area contributed by atoms with E-state index in [-0.39, 0.29) is 0 Å². The number of nitrogens with one attached hydrogen (secondary N) is 1. The Morgan fingerprint density at radius 2 is 1.17 bits per heavy atom. The van der Waals surface area contributed by atoms with E-state index in [1.54, 1.807) is 0 Å². The third kappa shape index (κ3) is 1.67. The lowest BCUT2D eigenvalue weighted by molar-refractivity contribution is -0.398. The fraction of sp³-hybridized carbons (Fsp3) is 0.857. The van der Waals surface area contributed by atoms with Gasteiger partial charge >= 0.3 is 23.9 Å². The van der Waals surface area contributed by atoms with Crippen LogP contribution in [0.15, 0.2) is 0 Å². The van der Waals surface area contributed by atoms with Gasteiger partial charge in [0.05, 0.1) is 12.0 Å². The first-order chi connectivity index (χ1) is 7.69. The molecule has 1 rings (SSSR count). The van der Waals surface area contributed by atoms with Crippen LogP contribution in [0.2, 0.25) is 0 Å². The van der Waals surface area contributed by atoms with Gasteiger partial charge in [-0.2, -0.15) is 39.5 Å². The maximum atomic E-state index is 13.0. The van der Waals surface area contributed by atoms with Gasteiger partial charge in [0.15, 0.2) is 0 Å². The van der Waals surface area contributed by atoms with Crippen LogP contribution in [0.5, 0.6) is 0 Å². The zero-order chi connectivity index (χ0) is 14.7. The molecule has 0 heterocycles. The lowest BCUT2D eigenvalue weighted by atomic mass is 9.99. The van der Waals surface area contributed by atoms with E-state index in [0.29, 0.717) is 0 Å². The van der Waals surface area contributed by atoms with Gasteiger partial charge in [0.2, 0.25) is 0 Å². The predicted molar refractivity (Wildman–Crippen MR) is 40.1 cm³/mol. The maximum Gasteiger partial charge on any atom is 0.460 e. The van der Waals surface area contributed by atoms with Crippen molar-refractivity contribution in [3.63, 3.8) is 0 Å². The van der Waals surface area contributed by atoms with Gasteiger partial charge in [-0.3, -0.25) is 0 Å². The molecule has 1 aliphatic rings. The molecule has 11 heteroatoms. The van der Waals surface area contributed by atoms with E-state index in [1.165, 1.54) is 0 Å². The molecule has 2 unspecified atom stereocenters. The second-order valence-electron chi connectivity index (χ2n) is 3.73. The first-order valence-electron chi connectivity index (χ1n) is 4.23. The summed E-state index contributed by atoms with van der Waals surface area (Å²) < 4.78 is 111. The van der Waals surface area contributed by atoms with Gasteiger partial charge in [0.1, 0.15) is 0 Å². The SMILES string of the molecule is N=C1C(N)C1C(F)(F)C(F)(F)C(F)(F)C(F)(F)F. The highest BCUT2D eigenvalue weighted by Gasteiger charge is 2.85. The van der Waals surface area contributed by atoms with E-state index in [4.69, 9.17) is 5.41 Å². The summed E-state index contributed by atoms with van der Waals surface area (Å²) in [7, 11) is 0. The molecule has 0 spiro atoms. The van der Waals surface area contributed by atoms with Crippen LogP contribution in [-0.4, -0.2) is 35.7 Å². The van der Waals surface area contributed by atoms with Crippen LogP contribution in [-0.2, 0) is 0 Å². The third-order valence-electron chi connectivity index (χ3n) is 2.50. The largest absolute Gasteiger partial charge is 0.460 e. The van der Waals surface area contributed by atoms with E-state index in [9.17, 15) is 39.5 Å². The van der Waals surface area contributed by atoms with Crippen LogP contribution in [0.4, 0.5) is 39.5 Å². The first-order valence-corrected chi connectivity index (χ1v) is 4.23. The lowest BCUT2D eigenvalue weighted by Crippen LogP contribution is -2.62. The molecule has 2 atom stereocenters. The van der Waals surface area contributed by atoms with Crippen LogP contribution in [0, 0.1) is 11.3 Å². The smallest absolute Gasteiger partial charge is 0.322 e. The van der Waals surface area contributed by atoms with E-state index >= 15 is 0 Å². The number of hydrogen-bond donors (Lipinski definition) is 2. The summed E-state index contributed by atoms with van der Waals surface area (Å²) in [5, 5.41) is 6.61. The average Bonchev–Trinajstić information content (AvgIpc) is 2.72. The maximum absolute atomic E-state index is 13.0. The first kappa shape index (κ1) is 15.1. The molecule has 0 radical (unpaired) electrons. The molecule has 0 aliphatic heterocycles. The number of nitrogens with two attached hydrogens (primary N) is 1. The Balaban J connectivity index is 3.18. The standard InChI is InChI=1S/C7H5F9N2/c8-4(9,1-2(17)3(1)18)5(10,11)6(12,13)7(14,15)16/h1-2,18H,17H2. The van der Waals surface area contributed by atoms with Crippen molar-refractivity contribution in [1.29, 1.82) is 5.41 Å².